The second kappa shape index (κ2) is 7.08. The average molecular weight is 397 g/mol. The Kier molecular flexibility index (Phi) is 4.25. The molecule has 0 spiro atoms. The Balaban J connectivity index is 1.74. The van der Waals surface area contributed by atoms with Crippen LogP contribution in [0.1, 0.15) is 5.56 Å². The Labute approximate surface area is 171 Å². The van der Waals surface area contributed by atoms with Crippen LogP contribution >= 0.6 is 0 Å². The number of aromatic nitrogens is 3. The smallest absolute Gasteiger partial charge is 0.262 e. The largest absolute Gasteiger partial charge is 0.334 e. The zero-order chi connectivity index (χ0) is 20.7. The number of rotatable bonds is 3. The third-order valence-electron chi connectivity index (χ3n) is 5.07. The van der Waals surface area contributed by atoms with Gasteiger partial charge in [-0.05, 0) is 42.8 Å². The van der Waals surface area contributed by atoms with Gasteiger partial charge >= 0.3 is 0 Å². The first kappa shape index (κ1) is 18.0. The molecule has 0 fully saturated rings. The number of hydrogen-bond acceptors (Lipinski definition) is 4. The van der Waals surface area contributed by atoms with Gasteiger partial charge in [0.2, 0.25) is 5.82 Å². The van der Waals surface area contributed by atoms with Crippen molar-refractivity contribution in [3.63, 3.8) is 0 Å². The molecule has 5 nitrogen and oxygen atoms in total. The van der Waals surface area contributed by atoms with E-state index in [0.717, 1.165) is 11.1 Å². The Morgan fingerprint density at radius 2 is 1.57 bits per heavy atom. The van der Waals surface area contributed by atoms with Gasteiger partial charge in [-0.3, -0.25) is 9.36 Å². The molecule has 2 aromatic heterocycles. The highest BCUT2D eigenvalue weighted by atomic mass is 19.1. The summed E-state index contributed by atoms with van der Waals surface area (Å²) >= 11 is 0. The summed E-state index contributed by atoms with van der Waals surface area (Å²) < 4.78 is 20.4. The number of hydrogen-bond donors (Lipinski definition) is 0. The number of fused-ring (bicyclic) bond motifs is 1. The molecule has 5 aromatic rings. The molecule has 0 atom stereocenters. The topological polar surface area (TPSA) is 60.9 Å². The Morgan fingerprint density at radius 1 is 0.867 bits per heavy atom. The summed E-state index contributed by atoms with van der Waals surface area (Å²) in [6.07, 6.45) is 1.66. The molecule has 0 aliphatic rings. The number of benzene rings is 3. The summed E-state index contributed by atoms with van der Waals surface area (Å²) in [5.41, 5.74) is 2.88. The fourth-order valence-electron chi connectivity index (χ4n) is 3.52. The van der Waals surface area contributed by atoms with Crippen LogP contribution in [0.5, 0.6) is 0 Å². The molecule has 2 heterocycles. The molecule has 30 heavy (non-hydrogen) atoms. The summed E-state index contributed by atoms with van der Waals surface area (Å²) in [6.45, 7) is 1.98. The molecule has 0 bridgehead atoms. The third-order valence-corrected chi connectivity index (χ3v) is 5.07. The van der Waals surface area contributed by atoms with Gasteiger partial charge in [0.15, 0.2) is 0 Å². The molecule has 6 heteroatoms. The minimum absolute atomic E-state index is 0.209. The lowest BCUT2D eigenvalue weighted by molar-refractivity contribution is 0.432. The maximum Gasteiger partial charge on any atom is 0.262 e. The van der Waals surface area contributed by atoms with Crippen LogP contribution in [0.15, 0.2) is 88.3 Å². The lowest BCUT2D eigenvalue weighted by Crippen LogP contribution is -2.18. The van der Waals surface area contributed by atoms with Crippen LogP contribution < -0.4 is 5.56 Å². The normalized spacial score (nSPS) is 11.1. The van der Waals surface area contributed by atoms with Gasteiger partial charge in [-0.2, -0.15) is 4.98 Å². The van der Waals surface area contributed by atoms with Gasteiger partial charge in [0.05, 0.1) is 5.56 Å². The minimum atomic E-state index is -0.368. The first-order valence-corrected chi connectivity index (χ1v) is 9.42. The van der Waals surface area contributed by atoms with Crippen molar-refractivity contribution in [2.24, 2.45) is 0 Å². The maximum absolute atomic E-state index is 13.4. The number of pyridine rings is 1. The fraction of sp³-hybridized carbons (Fsp3) is 0.0417. The highest BCUT2D eigenvalue weighted by Gasteiger charge is 2.18. The van der Waals surface area contributed by atoms with E-state index in [-0.39, 0.29) is 11.4 Å². The van der Waals surface area contributed by atoms with Crippen molar-refractivity contribution in [2.45, 2.75) is 6.92 Å². The van der Waals surface area contributed by atoms with E-state index >= 15 is 0 Å². The molecule has 3 aromatic carbocycles. The van der Waals surface area contributed by atoms with E-state index in [0.29, 0.717) is 33.7 Å². The fourth-order valence-corrected chi connectivity index (χ4v) is 3.52. The first-order valence-electron chi connectivity index (χ1n) is 9.42. The lowest BCUT2D eigenvalue weighted by atomic mass is 10.1. The molecule has 0 N–H and O–H groups in total. The van der Waals surface area contributed by atoms with Crippen LogP contribution in [0.3, 0.4) is 0 Å². The summed E-state index contributed by atoms with van der Waals surface area (Å²) in [4.78, 5) is 17.7. The van der Waals surface area contributed by atoms with Crippen molar-refractivity contribution < 1.29 is 8.91 Å². The lowest BCUT2D eigenvalue weighted by Gasteiger charge is -2.10. The van der Waals surface area contributed by atoms with Gasteiger partial charge in [0, 0.05) is 28.2 Å². The van der Waals surface area contributed by atoms with Crippen molar-refractivity contribution >= 4 is 10.8 Å². The van der Waals surface area contributed by atoms with Crippen molar-refractivity contribution in [3.05, 3.63) is 101 Å². The van der Waals surface area contributed by atoms with E-state index in [1.807, 2.05) is 43.3 Å². The molecule has 0 aliphatic heterocycles. The number of halogens is 1. The second-order valence-electron chi connectivity index (χ2n) is 6.98. The highest BCUT2D eigenvalue weighted by Crippen LogP contribution is 2.29. The van der Waals surface area contributed by atoms with E-state index in [1.165, 1.54) is 16.7 Å². The van der Waals surface area contributed by atoms with Crippen molar-refractivity contribution in [1.29, 1.82) is 0 Å². The quantitative estimate of drug-likeness (QED) is 0.422. The zero-order valence-electron chi connectivity index (χ0n) is 16.0. The highest BCUT2D eigenvalue weighted by molar-refractivity contribution is 5.94. The Hall–Kier alpha value is -4.06. The maximum atomic E-state index is 13.4. The third kappa shape index (κ3) is 2.99. The molecule has 0 saturated heterocycles. The summed E-state index contributed by atoms with van der Waals surface area (Å²) in [5.74, 6) is 0.416. The van der Waals surface area contributed by atoms with Crippen LogP contribution in [0, 0.1) is 12.7 Å². The molecule has 5 rings (SSSR count). The molecule has 0 saturated carbocycles. The van der Waals surface area contributed by atoms with Crippen molar-refractivity contribution in [1.82, 2.24) is 14.7 Å². The van der Waals surface area contributed by atoms with Crippen LogP contribution in [-0.4, -0.2) is 14.7 Å². The summed E-state index contributed by atoms with van der Waals surface area (Å²) in [6, 6.07) is 20.8. The van der Waals surface area contributed by atoms with Gasteiger partial charge in [0.25, 0.3) is 11.4 Å². The van der Waals surface area contributed by atoms with E-state index in [9.17, 15) is 9.18 Å². The SMILES string of the molecule is Cc1ccccc1-c1noc(-c2cn(-c3ccc(F)cc3)c(=O)c3ccccc23)n1. The van der Waals surface area contributed by atoms with Crippen LogP contribution in [0.4, 0.5) is 4.39 Å². The predicted molar refractivity (Wildman–Crippen MR) is 113 cm³/mol. The van der Waals surface area contributed by atoms with E-state index in [2.05, 4.69) is 10.1 Å². The van der Waals surface area contributed by atoms with Gasteiger partial charge in [-0.25, -0.2) is 4.39 Å². The summed E-state index contributed by atoms with van der Waals surface area (Å²) in [7, 11) is 0. The van der Waals surface area contributed by atoms with Crippen LogP contribution in [0.2, 0.25) is 0 Å². The Morgan fingerprint density at radius 3 is 2.33 bits per heavy atom. The number of nitrogens with zero attached hydrogens (tertiary/aromatic N) is 3. The van der Waals surface area contributed by atoms with E-state index in [1.54, 1.807) is 30.5 Å². The van der Waals surface area contributed by atoms with Gasteiger partial charge in [-0.15, -0.1) is 0 Å². The standard InChI is InChI=1S/C24H16FN3O2/c1-15-6-2-3-7-18(15)22-26-23(30-27-22)21-14-28(17-12-10-16(25)11-13-17)24(29)20-9-5-4-8-19(20)21/h2-14H,1H3. The van der Waals surface area contributed by atoms with Crippen molar-refractivity contribution in [3.8, 4) is 28.5 Å². The average Bonchev–Trinajstić information content (AvgIpc) is 3.25. The molecule has 146 valence electrons. The summed E-state index contributed by atoms with van der Waals surface area (Å²) in [5, 5.41) is 5.36. The van der Waals surface area contributed by atoms with E-state index < -0.39 is 0 Å². The molecular formula is C24H16FN3O2. The monoisotopic (exact) mass is 397 g/mol. The van der Waals surface area contributed by atoms with Gasteiger partial charge in [-0.1, -0.05) is 47.6 Å². The second-order valence-corrected chi connectivity index (χ2v) is 6.98. The molecule has 0 aliphatic carbocycles. The van der Waals surface area contributed by atoms with Crippen molar-refractivity contribution in [2.75, 3.05) is 0 Å². The molecular weight excluding hydrogens is 381 g/mol. The van der Waals surface area contributed by atoms with Gasteiger partial charge in [0.1, 0.15) is 5.82 Å². The number of aryl methyl sites for hydroxylation is 1. The molecule has 0 amide bonds. The predicted octanol–water partition coefficient (Wildman–Crippen LogP) is 5.16. The Bertz CT molecular complexity index is 1440. The zero-order valence-corrected chi connectivity index (χ0v) is 16.0. The van der Waals surface area contributed by atoms with Gasteiger partial charge < -0.3 is 4.52 Å². The van der Waals surface area contributed by atoms with Crippen LogP contribution in [-0.2, 0) is 0 Å². The molecule has 0 unspecified atom stereocenters. The minimum Gasteiger partial charge on any atom is -0.334 e. The first-order chi connectivity index (χ1) is 14.6. The molecule has 0 radical (unpaired) electrons. The van der Waals surface area contributed by atoms with Crippen LogP contribution in [0.25, 0.3) is 39.3 Å². The van der Waals surface area contributed by atoms with E-state index in [4.69, 9.17) is 4.52 Å².